The molecule has 1 atom stereocenters. The van der Waals surface area contributed by atoms with Crippen molar-refractivity contribution in [1.82, 2.24) is 25.1 Å². The lowest BCUT2D eigenvalue weighted by Crippen LogP contribution is -2.42. The van der Waals surface area contributed by atoms with E-state index in [4.69, 9.17) is 0 Å². The Morgan fingerprint density at radius 2 is 2.13 bits per heavy atom. The summed E-state index contributed by atoms with van der Waals surface area (Å²) in [5.41, 5.74) is 2.12. The first-order valence-corrected chi connectivity index (χ1v) is 11.0. The smallest absolute Gasteiger partial charge is 0.224 e. The Morgan fingerprint density at radius 1 is 1.33 bits per heavy atom. The van der Waals surface area contributed by atoms with Crippen LogP contribution in [0.25, 0.3) is 11.3 Å². The topological polar surface area (TPSA) is 76.6 Å². The quantitative estimate of drug-likeness (QED) is 0.543. The number of aromatic amines is 1. The second-order valence-corrected chi connectivity index (χ2v) is 7.88. The standard InChI is InChI=1S/C23H34N6O/c1-4-24-23(25-14-13-22(30)29-15-9-8-10-18(29)2)28(3)17-21-26-16-20(27-21)19-11-6-5-7-12-19/h5-7,11-12,16,18H,4,8-10,13-15,17H2,1-3H3,(H,24,25)(H,26,27). The van der Waals surface area contributed by atoms with E-state index in [0.717, 1.165) is 49.0 Å². The Labute approximate surface area is 179 Å². The number of H-pyrrole nitrogens is 1. The van der Waals surface area contributed by atoms with Crippen LogP contribution in [0.1, 0.15) is 45.4 Å². The SMILES string of the molecule is CCNC(=NCCC(=O)N1CCCCC1C)N(C)Cc1ncc(-c2ccccc2)[nH]1. The van der Waals surface area contributed by atoms with Gasteiger partial charge in [-0.3, -0.25) is 9.79 Å². The van der Waals surface area contributed by atoms with Gasteiger partial charge in [-0.1, -0.05) is 30.3 Å². The van der Waals surface area contributed by atoms with Gasteiger partial charge >= 0.3 is 0 Å². The van der Waals surface area contributed by atoms with Gasteiger partial charge in [0.15, 0.2) is 5.96 Å². The van der Waals surface area contributed by atoms with Crippen LogP contribution in [-0.4, -0.2) is 64.4 Å². The van der Waals surface area contributed by atoms with Crippen molar-refractivity contribution in [2.24, 2.45) is 4.99 Å². The van der Waals surface area contributed by atoms with E-state index in [1.807, 2.05) is 48.2 Å². The third kappa shape index (κ3) is 5.84. The molecule has 0 bridgehead atoms. The van der Waals surface area contributed by atoms with Crippen LogP contribution < -0.4 is 5.32 Å². The molecule has 1 aromatic carbocycles. The van der Waals surface area contributed by atoms with Crippen molar-refractivity contribution in [3.05, 3.63) is 42.4 Å². The third-order valence-electron chi connectivity index (χ3n) is 5.51. The fourth-order valence-corrected chi connectivity index (χ4v) is 3.85. The molecule has 1 unspecified atom stereocenters. The normalized spacial score (nSPS) is 17.1. The average molecular weight is 411 g/mol. The van der Waals surface area contributed by atoms with Gasteiger partial charge in [0.25, 0.3) is 0 Å². The first-order chi connectivity index (χ1) is 14.6. The van der Waals surface area contributed by atoms with Crippen molar-refractivity contribution in [3.63, 3.8) is 0 Å². The highest BCUT2D eigenvalue weighted by molar-refractivity contribution is 5.81. The van der Waals surface area contributed by atoms with Gasteiger partial charge in [-0.15, -0.1) is 0 Å². The maximum Gasteiger partial charge on any atom is 0.224 e. The second kappa shape index (κ2) is 10.8. The van der Waals surface area contributed by atoms with Crippen molar-refractivity contribution in [2.75, 3.05) is 26.7 Å². The molecule has 1 aromatic heterocycles. The zero-order chi connectivity index (χ0) is 21.3. The van der Waals surface area contributed by atoms with Gasteiger partial charge in [-0.2, -0.15) is 0 Å². The van der Waals surface area contributed by atoms with Crippen LogP contribution in [0.4, 0.5) is 0 Å². The highest BCUT2D eigenvalue weighted by Gasteiger charge is 2.22. The largest absolute Gasteiger partial charge is 0.357 e. The number of piperidine rings is 1. The van der Waals surface area contributed by atoms with Gasteiger partial charge in [0, 0.05) is 32.6 Å². The molecular weight excluding hydrogens is 376 g/mol. The monoisotopic (exact) mass is 410 g/mol. The summed E-state index contributed by atoms with van der Waals surface area (Å²) in [4.78, 5) is 29.2. The molecule has 1 saturated heterocycles. The molecular formula is C23H34N6O. The number of guanidine groups is 1. The number of aliphatic imine (C=N–C) groups is 1. The van der Waals surface area contributed by atoms with Gasteiger partial charge in [-0.05, 0) is 38.7 Å². The molecule has 0 radical (unpaired) electrons. The minimum absolute atomic E-state index is 0.211. The highest BCUT2D eigenvalue weighted by Crippen LogP contribution is 2.18. The molecule has 1 fully saturated rings. The second-order valence-electron chi connectivity index (χ2n) is 7.88. The number of carbonyl (C=O) groups is 1. The average Bonchev–Trinajstić information content (AvgIpc) is 3.22. The lowest BCUT2D eigenvalue weighted by molar-refractivity contribution is -0.134. The number of aromatic nitrogens is 2. The summed E-state index contributed by atoms with van der Waals surface area (Å²) in [6.07, 6.45) is 5.75. The third-order valence-corrected chi connectivity index (χ3v) is 5.51. The van der Waals surface area contributed by atoms with E-state index in [1.165, 1.54) is 6.42 Å². The van der Waals surface area contributed by atoms with E-state index in [2.05, 4.69) is 39.3 Å². The summed E-state index contributed by atoms with van der Waals surface area (Å²) in [5, 5.41) is 3.31. The van der Waals surface area contributed by atoms with Crippen molar-refractivity contribution < 1.29 is 4.79 Å². The summed E-state index contributed by atoms with van der Waals surface area (Å²) >= 11 is 0. The predicted molar refractivity (Wildman–Crippen MR) is 121 cm³/mol. The Hall–Kier alpha value is -2.83. The molecule has 2 heterocycles. The predicted octanol–water partition coefficient (Wildman–Crippen LogP) is 3.27. The maximum absolute atomic E-state index is 12.6. The number of hydrogen-bond acceptors (Lipinski definition) is 3. The molecule has 162 valence electrons. The van der Waals surface area contributed by atoms with Crippen molar-refractivity contribution in [1.29, 1.82) is 0 Å². The van der Waals surface area contributed by atoms with Crippen LogP contribution in [0.2, 0.25) is 0 Å². The van der Waals surface area contributed by atoms with Crippen LogP contribution in [0.15, 0.2) is 41.5 Å². The summed E-state index contributed by atoms with van der Waals surface area (Å²) < 4.78 is 0. The zero-order valence-corrected chi connectivity index (χ0v) is 18.4. The number of hydrogen-bond donors (Lipinski definition) is 2. The minimum Gasteiger partial charge on any atom is -0.357 e. The highest BCUT2D eigenvalue weighted by atomic mass is 16.2. The van der Waals surface area contributed by atoms with E-state index in [0.29, 0.717) is 25.6 Å². The number of imidazole rings is 1. The van der Waals surface area contributed by atoms with Crippen LogP contribution in [0.5, 0.6) is 0 Å². The number of carbonyl (C=O) groups excluding carboxylic acids is 1. The molecule has 1 aliphatic heterocycles. The lowest BCUT2D eigenvalue weighted by Gasteiger charge is -2.33. The van der Waals surface area contributed by atoms with Crippen molar-refractivity contribution >= 4 is 11.9 Å². The Balaban J connectivity index is 1.57. The molecule has 0 spiro atoms. The first kappa shape index (κ1) is 21.9. The number of benzene rings is 1. The summed E-state index contributed by atoms with van der Waals surface area (Å²) in [7, 11) is 1.99. The fourth-order valence-electron chi connectivity index (χ4n) is 3.85. The van der Waals surface area contributed by atoms with E-state index in [9.17, 15) is 4.79 Å². The molecule has 7 heteroatoms. The lowest BCUT2D eigenvalue weighted by atomic mass is 10.0. The van der Waals surface area contributed by atoms with Crippen LogP contribution in [0.3, 0.4) is 0 Å². The molecule has 0 saturated carbocycles. The van der Waals surface area contributed by atoms with E-state index in [-0.39, 0.29) is 5.91 Å². The van der Waals surface area contributed by atoms with Gasteiger partial charge in [0.2, 0.25) is 5.91 Å². The van der Waals surface area contributed by atoms with Gasteiger partial charge in [0.1, 0.15) is 5.82 Å². The Bertz CT molecular complexity index is 831. The molecule has 2 aromatic rings. The van der Waals surface area contributed by atoms with Gasteiger partial charge < -0.3 is 20.1 Å². The van der Waals surface area contributed by atoms with Crippen LogP contribution in [-0.2, 0) is 11.3 Å². The minimum atomic E-state index is 0.211. The van der Waals surface area contributed by atoms with Gasteiger partial charge in [0.05, 0.1) is 25.0 Å². The molecule has 1 amide bonds. The maximum atomic E-state index is 12.6. The number of nitrogens with zero attached hydrogens (tertiary/aromatic N) is 4. The zero-order valence-electron chi connectivity index (χ0n) is 18.4. The summed E-state index contributed by atoms with van der Waals surface area (Å²) in [6.45, 7) is 6.94. The number of likely N-dealkylation sites (tertiary alicyclic amines) is 1. The van der Waals surface area contributed by atoms with E-state index < -0.39 is 0 Å². The van der Waals surface area contributed by atoms with E-state index >= 15 is 0 Å². The fraction of sp³-hybridized carbons (Fsp3) is 0.522. The number of amides is 1. The summed E-state index contributed by atoms with van der Waals surface area (Å²) in [6, 6.07) is 10.5. The van der Waals surface area contributed by atoms with Crippen molar-refractivity contribution in [2.45, 2.75) is 52.1 Å². The number of rotatable bonds is 7. The Morgan fingerprint density at radius 3 is 2.87 bits per heavy atom. The first-order valence-electron chi connectivity index (χ1n) is 11.0. The van der Waals surface area contributed by atoms with E-state index in [1.54, 1.807) is 0 Å². The summed E-state index contributed by atoms with van der Waals surface area (Å²) in [5.74, 6) is 1.87. The van der Waals surface area contributed by atoms with Gasteiger partial charge in [-0.25, -0.2) is 4.98 Å². The molecule has 3 rings (SSSR count). The van der Waals surface area contributed by atoms with Crippen molar-refractivity contribution in [3.8, 4) is 11.3 Å². The molecule has 30 heavy (non-hydrogen) atoms. The van der Waals surface area contributed by atoms with Crippen LogP contribution >= 0.6 is 0 Å². The molecule has 7 nitrogen and oxygen atoms in total. The molecule has 0 aliphatic carbocycles. The molecule has 1 aliphatic rings. The number of nitrogens with one attached hydrogen (secondary N) is 2. The van der Waals surface area contributed by atoms with Crippen LogP contribution in [0, 0.1) is 0 Å². The molecule has 2 N–H and O–H groups in total. The Kier molecular flexibility index (Phi) is 7.88.